The molecule has 1 aliphatic carbocycles. The molecule has 0 aromatic carbocycles. The van der Waals surface area contributed by atoms with Gasteiger partial charge in [-0.3, -0.25) is 9.69 Å². The highest BCUT2D eigenvalue weighted by Crippen LogP contribution is 2.25. The average Bonchev–Trinajstić information content (AvgIpc) is 3.16. The van der Waals surface area contributed by atoms with Crippen molar-refractivity contribution in [3.63, 3.8) is 0 Å². The van der Waals surface area contributed by atoms with Gasteiger partial charge in [0.15, 0.2) is 0 Å². The second-order valence-electron chi connectivity index (χ2n) is 5.06. The van der Waals surface area contributed by atoms with Crippen LogP contribution in [-0.4, -0.2) is 42.5 Å². The summed E-state index contributed by atoms with van der Waals surface area (Å²) in [6.07, 6.45) is 3.57. The lowest BCUT2D eigenvalue weighted by Crippen LogP contribution is -2.46. The minimum absolute atomic E-state index is 0.00815. The van der Waals surface area contributed by atoms with Gasteiger partial charge in [0.25, 0.3) is 0 Å². The maximum atomic E-state index is 11.7. The van der Waals surface area contributed by atoms with Crippen molar-refractivity contribution in [1.82, 2.24) is 10.2 Å². The Morgan fingerprint density at radius 2 is 2.12 bits per heavy atom. The molecule has 1 unspecified atom stereocenters. The van der Waals surface area contributed by atoms with Crippen LogP contribution in [0.5, 0.6) is 0 Å². The molecule has 0 aromatic rings. The molecule has 0 aliphatic heterocycles. The molecular formula is C13H27N3O. The summed E-state index contributed by atoms with van der Waals surface area (Å²) in [6, 6.07) is 0.399. The molecule has 4 heteroatoms. The van der Waals surface area contributed by atoms with Gasteiger partial charge >= 0.3 is 0 Å². The molecule has 3 N–H and O–H groups in total. The fourth-order valence-electron chi connectivity index (χ4n) is 1.99. The molecule has 1 fully saturated rings. The van der Waals surface area contributed by atoms with Gasteiger partial charge in [-0.05, 0) is 25.3 Å². The molecule has 100 valence electrons. The Morgan fingerprint density at radius 1 is 1.47 bits per heavy atom. The van der Waals surface area contributed by atoms with Crippen LogP contribution in [0.1, 0.15) is 40.0 Å². The van der Waals surface area contributed by atoms with E-state index in [-0.39, 0.29) is 17.9 Å². The van der Waals surface area contributed by atoms with Crippen LogP contribution in [-0.2, 0) is 4.79 Å². The third-order valence-corrected chi connectivity index (χ3v) is 3.73. The molecule has 0 aromatic heterocycles. The van der Waals surface area contributed by atoms with E-state index in [1.165, 1.54) is 12.8 Å². The molecule has 0 spiro atoms. The van der Waals surface area contributed by atoms with Crippen molar-refractivity contribution in [3.8, 4) is 0 Å². The molecule has 0 heterocycles. The van der Waals surface area contributed by atoms with E-state index in [0.29, 0.717) is 6.54 Å². The summed E-state index contributed by atoms with van der Waals surface area (Å²) in [5, 5.41) is 2.94. The Bertz CT molecular complexity index is 241. The van der Waals surface area contributed by atoms with Gasteiger partial charge in [0, 0.05) is 19.1 Å². The number of carbonyl (C=O) groups excluding carboxylic acids is 1. The van der Waals surface area contributed by atoms with E-state index in [9.17, 15) is 4.79 Å². The van der Waals surface area contributed by atoms with E-state index in [1.807, 2.05) is 6.92 Å². The van der Waals surface area contributed by atoms with E-state index in [1.54, 1.807) is 0 Å². The summed E-state index contributed by atoms with van der Waals surface area (Å²) in [5.74, 6) is 0.243. The summed E-state index contributed by atoms with van der Waals surface area (Å²) in [4.78, 5) is 14.2. The maximum Gasteiger partial charge on any atom is 0.237 e. The zero-order chi connectivity index (χ0) is 12.8. The van der Waals surface area contributed by atoms with Gasteiger partial charge in [-0.2, -0.15) is 0 Å². The first-order valence-electron chi connectivity index (χ1n) is 6.87. The number of nitrogens with zero attached hydrogens (tertiary/aromatic N) is 1. The van der Waals surface area contributed by atoms with Crippen LogP contribution in [0.15, 0.2) is 0 Å². The van der Waals surface area contributed by atoms with Gasteiger partial charge in [0.05, 0.1) is 6.04 Å². The zero-order valence-electron chi connectivity index (χ0n) is 11.4. The monoisotopic (exact) mass is 241 g/mol. The molecule has 0 saturated heterocycles. The SMILES string of the molecule is CCC(C)[C@H](N)C(=O)NCCN(CC)C1CC1. The Kier molecular flexibility index (Phi) is 5.92. The lowest BCUT2D eigenvalue weighted by atomic mass is 9.99. The van der Waals surface area contributed by atoms with Crippen LogP contribution in [0.25, 0.3) is 0 Å². The molecule has 1 saturated carbocycles. The zero-order valence-corrected chi connectivity index (χ0v) is 11.4. The van der Waals surface area contributed by atoms with Crippen LogP contribution in [0.3, 0.4) is 0 Å². The van der Waals surface area contributed by atoms with Crippen molar-refractivity contribution in [3.05, 3.63) is 0 Å². The van der Waals surface area contributed by atoms with Crippen LogP contribution in [0.4, 0.5) is 0 Å². The van der Waals surface area contributed by atoms with E-state index < -0.39 is 0 Å². The lowest BCUT2D eigenvalue weighted by molar-refractivity contribution is -0.123. The fourth-order valence-corrected chi connectivity index (χ4v) is 1.99. The van der Waals surface area contributed by atoms with Crippen LogP contribution in [0.2, 0.25) is 0 Å². The molecule has 2 atom stereocenters. The van der Waals surface area contributed by atoms with Crippen LogP contribution in [0, 0.1) is 5.92 Å². The van der Waals surface area contributed by atoms with Crippen molar-refractivity contribution in [1.29, 1.82) is 0 Å². The van der Waals surface area contributed by atoms with Crippen molar-refractivity contribution in [2.24, 2.45) is 11.7 Å². The molecule has 0 radical (unpaired) electrons. The number of nitrogens with one attached hydrogen (secondary N) is 1. The van der Waals surface area contributed by atoms with Crippen LogP contribution < -0.4 is 11.1 Å². The number of likely N-dealkylation sites (N-methyl/N-ethyl adjacent to an activating group) is 1. The highest BCUT2D eigenvalue weighted by molar-refractivity contribution is 5.81. The van der Waals surface area contributed by atoms with E-state index in [2.05, 4.69) is 24.1 Å². The van der Waals surface area contributed by atoms with Crippen molar-refractivity contribution in [2.75, 3.05) is 19.6 Å². The quantitative estimate of drug-likeness (QED) is 0.665. The summed E-state index contributed by atoms with van der Waals surface area (Å²) >= 11 is 0. The number of hydrogen-bond donors (Lipinski definition) is 2. The highest BCUT2D eigenvalue weighted by atomic mass is 16.2. The van der Waals surface area contributed by atoms with E-state index >= 15 is 0 Å². The second-order valence-corrected chi connectivity index (χ2v) is 5.06. The Labute approximate surface area is 105 Å². The first kappa shape index (κ1) is 14.5. The maximum absolute atomic E-state index is 11.7. The molecule has 1 amide bonds. The average molecular weight is 241 g/mol. The second kappa shape index (κ2) is 6.97. The normalized spacial score (nSPS) is 19.1. The minimum Gasteiger partial charge on any atom is -0.353 e. The third kappa shape index (κ3) is 4.64. The summed E-state index contributed by atoms with van der Waals surface area (Å²) in [7, 11) is 0. The predicted octanol–water partition coefficient (Wildman–Crippen LogP) is 0.960. The molecule has 17 heavy (non-hydrogen) atoms. The first-order chi connectivity index (χ1) is 8.10. The lowest BCUT2D eigenvalue weighted by Gasteiger charge is -2.22. The predicted molar refractivity (Wildman–Crippen MR) is 70.7 cm³/mol. The fraction of sp³-hybridized carbons (Fsp3) is 0.923. The smallest absolute Gasteiger partial charge is 0.237 e. The summed E-state index contributed by atoms with van der Waals surface area (Å²) in [5.41, 5.74) is 5.87. The topological polar surface area (TPSA) is 58.4 Å². The minimum atomic E-state index is -0.365. The first-order valence-corrected chi connectivity index (χ1v) is 6.87. The van der Waals surface area contributed by atoms with Gasteiger partial charge in [-0.25, -0.2) is 0 Å². The molecule has 0 bridgehead atoms. The van der Waals surface area contributed by atoms with Gasteiger partial charge < -0.3 is 11.1 Å². The Hall–Kier alpha value is -0.610. The molecule has 4 nitrogen and oxygen atoms in total. The molecular weight excluding hydrogens is 214 g/mol. The molecule has 1 rings (SSSR count). The van der Waals surface area contributed by atoms with Gasteiger partial charge in [-0.15, -0.1) is 0 Å². The largest absolute Gasteiger partial charge is 0.353 e. The number of carbonyl (C=O) groups is 1. The standard InChI is InChI=1S/C13H27N3O/c1-4-10(3)12(14)13(17)15-8-9-16(5-2)11-6-7-11/h10-12H,4-9,14H2,1-3H3,(H,15,17)/t10?,12-/m0/s1. The summed E-state index contributed by atoms with van der Waals surface area (Å²) in [6.45, 7) is 8.98. The number of rotatable bonds is 8. The van der Waals surface area contributed by atoms with Crippen LogP contribution >= 0.6 is 0 Å². The number of amides is 1. The van der Waals surface area contributed by atoms with Crippen molar-refractivity contribution < 1.29 is 4.79 Å². The number of hydrogen-bond acceptors (Lipinski definition) is 3. The highest BCUT2D eigenvalue weighted by Gasteiger charge is 2.27. The Morgan fingerprint density at radius 3 is 2.59 bits per heavy atom. The third-order valence-electron chi connectivity index (χ3n) is 3.73. The molecule has 1 aliphatic rings. The summed E-state index contributed by atoms with van der Waals surface area (Å²) < 4.78 is 0. The van der Waals surface area contributed by atoms with E-state index in [0.717, 1.165) is 25.6 Å². The van der Waals surface area contributed by atoms with Gasteiger partial charge in [-0.1, -0.05) is 27.2 Å². The number of nitrogens with two attached hydrogens (primary N) is 1. The van der Waals surface area contributed by atoms with Gasteiger partial charge in [0.1, 0.15) is 0 Å². The van der Waals surface area contributed by atoms with Crippen molar-refractivity contribution >= 4 is 5.91 Å². The van der Waals surface area contributed by atoms with E-state index in [4.69, 9.17) is 5.73 Å². The van der Waals surface area contributed by atoms with Gasteiger partial charge in [0.2, 0.25) is 5.91 Å². The Balaban J connectivity index is 2.18. The van der Waals surface area contributed by atoms with Crippen molar-refractivity contribution in [2.45, 2.75) is 52.1 Å².